The maximum absolute atomic E-state index is 12.9. The molecule has 2 heterocycles. The Morgan fingerprint density at radius 2 is 1.69 bits per heavy atom. The summed E-state index contributed by atoms with van der Waals surface area (Å²) < 4.78 is 7.32. The Hall–Kier alpha value is -4.53. The van der Waals surface area contributed by atoms with Crippen molar-refractivity contribution in [2.24, 2.45) is 0 Å². The number of hydrogen-bond donors (Lipinski definition) is 2. The van der Waals surface area contributed by atoms with E-state index >= 15 is 0 Å². The first kappa shape index (κ1) is 22.3. The van der Waals surface area contributed by atoms with Crippen LogP contribution in [0.25, 0.3) is 16.7 Å². The van der Waals surface area contributed by atoms with Gasteiger partial charge >= 0.3 is 6.01 Å². The number of carbonyl (C=O) groups excluding carboxylic acids is 2. The summed E-state index contributed by atoms with van der Waals surface area (Å²) in [7, 11) is 0. The van der Waals surface area contributed by atoms with Crippen LogP contribution in [0.15, 0.2) is 65.5 Å². The Labute approximate surface area is 200 Å². The van der Waals surface area contributed by atoms with Crippen molar-refractivity contribution < 1.29 is 14.3 Å². The Kier molecular flexibility index (Phi) is 5.74. The van der Waals surface area contributed by atoms with Gasteiger partial charge in [-0.15, -0.1) is 0 Å². The first-order valence-electron chi connectivity index (χ1n) is 11.2. The summed E-state index contributed by atoms with van der Waals surface area (Å²) in [5.74, 6) is 0.193. The highest BCUT2D eigenvalue weighted by Gasteiger charge is 2.23. The van der Waals surface area contributed by atoms with Gasteiger partial charge in [-0.05, 0) is 74.4 Å². The molecular weight excluding hydrogens is 446 g/mol. The molecule has 0 unspecified atom stereocenters. The molecule has 1 aliphatic rings. The van der Waals surface area contributed by atoms with E-state index in [-0.39, 0.29) is 29.4 Å². The quantitative estimate of drug-likeness (QED) is 0.445. The van der Waals surface area contributed by atoms with E-state index in [0.717, 1.165) is 12.8 Å². The van der Waals surface area contributed by atoms with E-state index in [1.165, 1.54) is 17.6 Å². The van der Waals surface area contributed by atoms with E-state index in [9.17, 15) is 14.4 Å². The number of carbonyl (C=O) groups is 2. The molecule has 9 heteroatoms. The minimum Gasteiger partial charge on any atom is -0.424 e. The van der Waals surface area contributed by atoms with Gasteiger partial charge in [-0.1, -0.05) is 0 Å². The Bertz CT molecular complexity index is 1490. The lowest BCUT2D eigenvalue weighted by Crippen LogP contribution is -2.25. The lowest BCUT2D eigenvalue weighted by atomic mass is 10.1. The van der Waals surface area contributed by atoms with Crippen LogP contribution < -0.4 is 20.9 Å². The lowest BCUT2D eigenvalue weighted by molar-refractivity contribution is -0.114. The second-order valence-corrected chi connectivity index (χ2v) is 8.44. The first-order chi connectivity index (χ1) is 16.9. The van der Waals surface area contributed by atoms with Crippen molar-refractivity contribution in [3.63, 3.8) is 0 Å². The molecule has 0 saturated heterocycles. The fourth-order valence-corrected chi connectivity index (χ4v) is 3.71. The number of amides is 2. The highest BCUT2D eigenvalue weighted by molar-refractivity contribution is 5.94. The highest BCUT2D eigenvalue weighted by atomic mass is 16.5. The van der Waals surface area contributed by atoms with Crippen LogP contribution in [-0.4, -0.2) is 32.4 Å². The van der Waals surface area contributed by atoms with Gasteiger partial charge in [0, 0.05) is 35.7 Å². The molecule has 1 aliphatic carbocycles. The van der Waals surface area contributed by atoms with Crippen LogP contribution in [0.4, 0.5) is 5.69 Å². The number of aryl methyl sites for hydroxylation is 1. The molecule has 2 aromatic carbocycles. The van der Waals surface area contributed by atoms with Gasteiger partial charge in [-0.2, -0.15) is 9.97 Å². The number of ether oxygens (including phenoxy) is 1. The second-order valence-electron chi connectivity index (χ2n) is 8.44. The number of fused-ring (bicyclic) bond motifs is 1. The van der Waals surface area contributed by atoms with Crippen LogP contribution in [0, 0.1) is 6.92 Å². The maximum atomic E-state index is 12.9. The van der Waals surface area contributed by atoms with Crippen LogP contribution in [0.3, 0.4) is 0 Å². The zero-order valence-corrected chi connectivity index (χ0v) is 19.2. The van der Waals surface area contributed by atoms with Crippen LogP contribution in [0.2, 0.25) is 0 Å². The predicted octanol–water partition coefficient (Wildman–Crippen LogP) is 3.73. The molecule has 1 saturated carbocycles. The van der Waals surface area contributed by atoms with Crippen molar-refractivity contribution in [2.45, 2.75) is 32.7 Å². The molecule has 35 heavy (non-hydrogen) atoms. The van der Waals surface area contributed by atoms with Gasteiger partial charge in [0.1, 0.15) is 5.75 Å². The maximum Gasteiger partial charge on any atom is 0.324 e. The fourth-order valence-electron chi connectivity index (χ4n) is 3.71. The van der Waals surface area contributed by atoms with E-state index in [1.807, 2.05) is 6.92 Å². The lowest BCUT2D eigenvalue weighted by Gasteiger charge is -2.13. The average Bonchev–Trinajstić information content (AvgIpc) is 3.64. The summed E-state index contributed by atoms with van der Waals surface area (Å²) in [4.78, 5) is 45.4. The van der Waals surface area contributed by atoms with Crippen LogP contribution in [0.1, 0.15) is 35.8 Å². The van der Waals surface area contributed by atoms with Gasteiger partial charge in [0.2, 0.25) is 5.91 Å². The third-order valence-electron chi connectivity index (χ3n) is 5.60. The predicted molar refractivity (Wildman–Crippen MR) is 131 cm³/mol. The number of nitrogens with one attached hydrogen (secondary N) is 2. The molecule has 0 aliphatic heterocycles. The number of pyridine rings is 1. The number of rotatable bonds is 6. The molecule has 2 N–H and O–H groups in total. The zero-order chi connectivity index (χ0) is 24.5. The highest BCUT2D eigenvalue weighted by Crippen LogP contribution is 2.25. The van der Waals surface area contributed by atoms with Crippen molar-refractivity contribution in [1.29, 1.82) is 0 Å². The number of benzene rings is 2. The minimum atomic E-state index is -0.267. The molecule has 4 aromatic rings. The number of anilines is 1. The zero-order valence-electron chi connectivity index (χ0n) is 19.2. The standard InChI is InChI=1S/C26H23N5O4/c1-15-22-13-14-23(33)31(20-9-3-17(4-10-20)25(34)29-19-5-6-19)24(22)30-26(27-15)35-21-11-7-18(8-12-21)28-16(2)32/h3-4,7-14,19H,5-6H2,1-2H3,(H,28,32)(H,29,34). The van der Waals surface area contributed by atoms with Crippen LogP contribution in [-0.2, 0) is 4.79 Å². The largest absolute Gasteiger partial charge is 0.424 e. The molecule has 1 fully saturated rings. The van der Waals surface area contributed by atoms with Crippen molar-refractivity contribution in [3.8, 4) is 17.4 Å². The van der Waals surface area contributed by atoms with Crippen molar-refractivity contribution in [3.05, 3.63) is 82.3 Å². The van der Waals surface area contributed by atoms with Crippen molar-refractivity contribution in [2.75, 3.05) is 5.32 Å². The summed E-state index contributed by atoms with van der Waals surface area (Å²) >= 11 is 0. The summed E-state index contributed by atoms with van der Waals surface area (Å²) in [6, 6.07) is 17.1. The third-order valence-corrected chi connectivity index (χ3v) is 5.60. The van der Waals surface area contributed by atoms with Gasteiger partial charge in [0.05, 0.1) is 11.4 Å². The molecule has 0 radical (unpaired) electrons. The van der Waals surface area contributed by atoms with E-state index < -0.39 is 0 Å². The third kappa shape index (κ3) is 4.89. The molecule has 176 valence electrons. The van der Waals surface area contributed by atoms with E-state index in [0.29, 0.717) is 39.4 Å². The molecule has 2 aromatic heterocycles. The van der Waals surface area contributed by atoms with Crippen molar-refractivity contribution in [1.82, 2.24) is 19.9 Å². The van der Waals surface area contributed by atoms with Gasteiger partial charge in [-0.3, -0.25) is 19.0 Å². The first-order valence-corrected chi connectivity index (χ1v) is 11.2. The Balaban J connectivity index is 1.48. The van der Waals surface area contributed by atoms with Crippen molar-refractivity contribution >= 4 is 28.5 Å². The average molecular weight is 470 g/mol. The van der Waals surface area contributed by atoms with E-state index in [4.69, 9.17) is 4.74 Å². The molecule has 5 rings (SSSR count). The molecule has 0 atom stereocenters. The topological polar surface area (TPSA) is 115 Å². The fraction of sp³-hybridized carbons (Fsp3) is 0.192. The number of nitrogens with zero attached hydrogens (tertiary/aromatic N) is 3. The van der Waals surface area contributed by atoms with Crippen LogP contribution >= 0.6 is 0 Å². The molecule has 2 amide bonds. The van der Waals surface area contributed by atoms with Crippen LogP contribution in [0.5, 0.6) is 11.8 Å². The van der Waals surface area contributed by atoms with Gasteiger partial charge in [0.15, 0.2) is 5.65 Å². The second kappa shape index (κ2) is 9.02. The summed E-state index contributed by atoms with van der Waals surface area (Å²) in [5.41, 5.74) is 2.53. The van der Waals surface area contributed by atoms with E-state index in [1.54, 1.807) is 54.6 Å². The minimum absolute atomic E-state index is 0.0852. The van der Waals surface area contributed by atoms with Gasteiger partial charge < -0.3 is 15.4 Å². The normalized spacial score (nSPS) is 12.9. The molecular formula is C26H23N5O4. The summed E-state index contributed by atoms with van der Waals surface area (Å²) in [5, 5.41) is 6.35. The summed E-state index contributed by atoms with van der Waals surface area (Å²) in [6.07, 6.45) is 2.02. The van der Waals surface area contributed by atoms with Gasteiger partial charge in [-0.25, -0.2) is 0 Å². The summed E-state index contributed by atoms with van der Waals surface area (Å²) in [6.45, 7) is 3.25. The molecule has 0 spiro atoms. The smallest absolute Gasteiger partial charge is 0.324 e. The van der Waals surface area contributed by atoms with E-state index in [2.05, 4.69) is 20.6 Å². The number of hydrogen-bond acceptors (Lipinski definition) is 6. The SMILES string of the molecule is CC(=O)Nc1ccc(Oc2nc(C)c3ccc(=O)n(-c4ccc(C(=O)NC5CC5)cc4)c3n2)cc1. The Morgan fingerprint density at radius 3 is 2.34 bits per heavy atom. The molecule has 0 bridgehead atoms. The number of aromatic nitrogens is 3. The monoisotopic (exact) mass is 469 g/mol. The Morgan fingerprint density at radius 1 is 0.971 bits per heavy atom. The van der Waals surface area contributed by atoms with Gasteiger partial charge in [0.25, 0.3) is 11.5 Å². The molecule has 9 nitrogen and oxygen atoms in total.